The summed E-state index contributed by atoms with van der Waals surface area (Å²) in [6.07, 6.45) is 1.72. The molecule has 0 saturated carbocycles. The summed E-state index contributed by atoms with van der Waals surface area (Å²) in [5.74, 6) is -0.447. The lowest BCUT2D eigenvalue weighted by molar-refractivity contribution is 0.0599. The van der Waals surface area contributed by atoms with Gasteiger partial charge in [-0.1, -0.05) is 6.92 Å². The van der Waals surface area contributed by atoms with Crippen LogP contribution in [0.4, 0.5) is 0 Å². The number of ether oxygens (including phenoxy) is 1. The Labute approximate surface area is 95.2 Å². The molecule has 16 heavy (non-hydrogen) atoms. The smallest absolute Gasteiger partial charge is 0.338 e. The first kappa shape index (κ1) is 12.7. The molecule has 88 valence electrons. The highest BCUT2D eigenvalue weighted by atomic mass is 32.2. The molecule has 0 N–H and O–H groups in total. The molecular weight excluding hydrogens is 228 g/mol. The fraction of sp³-hybridized carbons (Fsp3) is 0.364. The van der Waals surface area contributed by atoms with Crippen LogP contribution in [0.1, 0.15) is 22.8 Å². The molecule has 0 radical (unpaired) electrons. The van der Waals surface area contributed by atoms with Gasteiger partial charge in [0.1, 0.15) is 0 Å². The van der Waals surface area contributed by atoms with Crippen molar-refractivity contribution in [2.75, 3.05) is 13.4 Å². The molecule has 0 fully saturated rings. The second-order valence-electron chi connectivity index (χ2n) is 3.44. The van der Waals surface area contributed by atoms with Gasteiger partial charge < -0.3 is 4.74 Å². The third-order valence-corrected chi connectivity index (χ3v) is 3.40. The highest BCUT2D eigenvalue weighted by Gasteiger charge is 2.14. The zero-order chi connectivity index (χ0) is 12.3. The van der Waals surface area contributed by atoms with E-state index in [1.54, 1.807) is 0 Å². The van der Waals surface area contributed by atoms with Gasteiger partial charge in [-0.3, -0.25) is 0 Å². The number of carbonyl (C=O) groups is 1. The zero-order valence-electron chi connectivity index (χ0n) is 9.48. The van der Waals surface area contributed by atoms with E-state index in [9.17, 15) is 13.2 Å². The predicted molar refractivity (Wildman–Crippen MR) is 60.3 cm³/mol. The Morgan fingerprint density at radius 1 is 1.38 bits per heavy atom. The minimum absolute atomic E-state index is 0.219. The van der Waals surface area contributed by atoms with Gasteiger partial charge in [-0.25, -0.2) is 13.2 Å². The van der Waals surface area contributed by atoms with Gasteiger partial charge in [-0.15, -0.1) is 0 Å². The Morgan fingerprint density at radius 3 is 2.44 bits per heavy atom. The number of carbonyl (C=O) groups excluding carboxylic acids is 1. The lowest BCUT2D eigenvalue weighted by Crippen LogP contribution is -2.07. The first-order valence-corrected chi connectivity index (χ1v) is 6.70. The van der Waals surface area contributed by atoms with Crippen LogP contribution in [0.25, 0.3) is 0 Å². The minimum Gasteiger partial charge on any atom is -0.465 e. The van der Waals surface area contributed by atoms with E-state index < -0.39 is 15.8 Å². The van der Waals surface area contributed by atoms with Crippen LogP contribution in [0.3, 0.4) is 0 Å². The van der Waals surface area contributed by atoms with E-state index >= 15 is 0 Å². The van der Waals surface area contributed by atoms with Crippen molar-refractivity contribution in [1.82, 2.24) is 0 Å². The van der Waals surface area contributed by atoms with Crippen molar-refractivity contribution in [3.05, 3.63) is 29.3 Å². The van der Waals surface area contributed by atoms with Crippen molar-refractivity contribution in [3.8, 4) is 0 Å². The van der Waals surface area contributed by atoms with Crippen LogP contribution >= 0.6 is 0 Å². The van der Waals surface area contributed by atoms with Gasteiger partial charge in [0, 0.05) is 6.26 Å². The summed E-state index contributed by atoms with van der Waals surface area (Å²) in [6, 6.07) is 4.42. The molecule has 1 aromatic carbocycles. The quantitative estimate of drug-likeness (QED) is 0.752. The van der Waals surface area contributed by atoms with Gasteiger partial charge >= 0.3 is 5.97 Å². The van der Waals surface area contributed by atoms with Gasteiger partial charge in [-0.05, 0) is 30.2 Å². The van der Waals surface area contributed by atoms with Crippen molar-refractivity contribution < 1.29 is 17.9 Å². The second-order valence-corrected chi connectivity index (χ2v) is 5.45. The Balaban J connectivity index is 3.33. The SMILES string of the molecule is CCc1cc(S(C)(=O)=O)ccc1C(=O)OC. The van der Waals surface area contributed by atoms with Crippen LogP contribution in [0.5, 0.6) is 0 Å². The first-order valence-electron chi connectivity index (χ1n) is 4.81. The van der Waals surface area contributed by atoms with Crippen molar-refractivity contribution >= 4 is 15.8 Å². The van der Waals surface area contributed by atoms with Crippen LogP contribution in [0.2, 0.25) is 0 Å². The molecule has 0 amide bonds. The van der Waals surface area contributed by atoms with Gasteiger partial charge in [-0.2, -0.15) is 0 Å². The van der Waals surface area contributed by atoms with Crippen molar-refractivity contribution in [1.29, 1.82) is 0 Å². The molecule has 0 saturated heterocycles. The van der Waals surface area contributed by atoms with E-state index in [2.05, 4.69) is 4.74 Å². The number of aryl methyl sites for hydroxylation is 1. The Morgan fingerprint density at radius 2 is 2.00 bits per heavy atom. The molecule has 0 aliphatic heterocycles. The van der Waals surface area contributed by atoms with Crippen LogP contribution in [0.15, 0.2) is 23.1 Å². The monoisotopic (exact) mass is 242 g/mol. The molecular formula is C11H14O4S. The van der Waals surface area contributed by atoms with Crippen molar-refractivity contribution in [2.45, 2.75) is 18.2 Å². The number of methoxy groups -OCH3 is 1. The van der Waals surface area contributed by atoms with Gasteiger partial charge in [0.2, 0.25) is 0 Å². The summed E-state index contributed by atoms with van der Waals surface area (Å²) in [6.45, 7) is 1.85. The summed E-state index contributed by atoms with van der Waals surface area (Å²) >= 11 is 0. The van der Waals surface area contributed by atoms with Gasteiger partial charge in [0.25, 0.3) is 0 Å². The molecule has 0 aliphatic rings. The highest BCUT2D eigenvalue weighted by Crippen LogP contribution is 2.17. The Hall–Kier alpha value is -1.36. The van der Waals surface area contributed by atoms with Gasteiger partial charge in [0.15, 0.2) is 9.84 Å². The number of sulfone groups is 1. The molecule has 0 heterocycles. The van der Waals surface area contributed by atoms with E-state index in [1.165, 1.54) is 25.3 Å². The number of benzene rings is 1. The maximum Gasteiger partial charge on any atom is 0.338 e. The molecule has 1 rings (SSSR count). The van der Waals surface area contributed by atoms with E-state index in [-0.39, 0.29) is 4.90 Å². The molecule has 1 aromatic rings. The second kappa shape index (κ2) is 4.65. The molecule has 0 aromatic heterocycles. The first-order chi connectivity index (χ1) is 7.40. The molecule has 0 spiro atoms. The average molecular weight is 242 g/mol. The van der Waals surface area contributed by atoms with Crippen LogP contribution in [-0.4, -0.2) is 27.8 Å². The third-order valence-electron chi connectivity index (χ3n) is 2.29. The molecule has 4 nitrogen and oxygen atoms in total. The molecule has 5 heteroatoms. The topological polar surface area (TPSA) is 60.4 Å². The number of hydrogen-bond acceptors (Lipinski definition) is 4. The summed E-state index contributed by atoms with van der Waals surface area (Å²) < 4.78 is 27.3. The number of hydrogen-bond donors (Lipinski definition) is 0. The molecule has 0 aliphatic carbocycles. The van der Waals surface area contributed by atoms with E-state index in [0.717, 1.165) is 6.26 Å². The van der Waals surface area contributed by atoms with Crippen molar-refractivity contribution in [2.24, 2.45) is 0 Å². The summed E-state index contributed by atoms with van der Waals surface area (Å²) in [5.41, 5.74) is 1.09. The third kappa shape index (κ3) is 2.61. The molecule has 0 bridgehead atoms. The molecule has 0 unspecified atom stereocenters. The lowest BCUT2D eigenvalue weighted by atomic mass is 10.1. The Bertz CT molecular complexity index is 503. The number of esters is 1. The highest BCUT2D eigenvalue weighted by molar-refractivity contribution is 7.90. The maximum atomic E-state index is 11.4. The average Bonchev–Trinajstić information content (AvgIpc) is 2.26. The fourth-order valence-electron chi connectivity index (χ4n) is 1.40. The largest absolute Gasteiger partial charge is 0.465 e. The standard InChI is InChI=1S/C11H14O4S/c1-4-8-7-9(16(3,13)14)5-6-10(8)11(12)15-2/h5-7H,4H2,1-3H3. The van der Waals surface area contributed by atoms with Crippen LogP contribution in [0, 0.1) is 0 Å². The normalized spacial score (nSPS) is 11.2. The number of rotatable bonds is 3. The van der Waals surface area contributed by atoms with E-state index in [0.29, 0.717) is 17.5 Å². The lowest BCUT2D eigenvalue weighted by Gasteiger charge is -2.07. The Kier molecular flexibility index (Phi) is 3.70. The summed E-state index contributed by atoms with van der Waals surface area (Å²) in [5, 5.41) is 0. The zero-order valence-corrected chi connectivity index (χ0v) is 10.3. The summed E-state index contributed by atoms with van der Waals surface area (Å²) in [7, 11) is -1.94. The molecule has 0 atom stereocenters. The minimum atomic E-state index is -3.24. The maximum absolute atomic E-state index is 11.4. The summed E-state index contributed by atoms with van der Waals surface area (Å²) in [4.78, 5) is 11.6. The van der Waals surface area contributed by atoms with E-state index in [4.69, 9.17) is 0 Å². The van der Waals surface area contributed by atoms with Crippen molar-refractivity contribution in [3.63, 3.8) is 0 Å². The predicted octanol–water partition coefficient (Wildman–Crippen LogP) is 1.44. The van der Waals surface area contributed by atoms with Crippen LogP contribution < -0.4 is 0 Å². The fourth-order valence-corrected chi connectivity index (χ4v) is 2.07. The van der Waals surface area contributed by atoms with Crippen LogP contribution in [-0.2, 0) is 21.0 Å². The van der Waals surface area contributed by atoms with Gasteiger partial charge in [0.05, 0.1) is 17.6 Å². The van der Waals surface area contributed by atoms with E-state index in [1.807, 2.05) is 6.92 Å².